The van der Waals surface area contributed by atoms with Crippen LogP contribution in [0.25, 0.3) is 0 Å². The Labute approximate surface area is 150 Å². The van der Waals surface area contributed by atoms with Gasteiger partial charge in [0.25, 0.3) is 5.91 Å². The van der Waals surface area contributed by atoms with Gasteiger partial charge in [0.1, 0.15) is 11.5 Å². The third-order valence-corrected chi connectivity index (χ3v) is 4.36. The molecule has 0 radical (unpaired) electrons. The second-order valence-corrected chi connectivity index (χ2v) is 6.21. The molecule has 26 heavy (non-hydrogen) atoms. The van der Waals surface area contributed by atoms with Crippen molar-refractivity contribution < 1.29 is 23.0 Å². The van der Waals surface area contributed by atoms with Crippen molar-refractivity contribution in [2.45, 2.75) is 19.4 Å². The van der Waals surface area contributed by atoms with Crippen LogP contribution in [0.4, 0.5) is 8.78 Å². The molecule has 3 rings (SSSR count). The van der Waals surface area contributed by atoms with Crippen LogP contribution in [-0.4, -0.2) is 47.4 Å². The van der Waals surface area contributed by atoms with E-state index in [1.165, 1.54) is 6.07 Å². The number of alkyl halides is 2. The van der Waals surface area contributed by atoms with E-state index in [2.05, 4.69) is 5.10 Å². The summed E-state index contributed by atoms with van der Waals surface area (Å²) in [6.45, 7) is -1.16. The maximum absolute atomic E-state index is 12.6. The van der Waals surface area contributed by atoms with Crippen molar-refractivity contribution in [3.63, 3.8) is 0 Å². The Hall–Kier alpha value is -2.64. The smallest absolute Gasteiger partial charge is 0.333 e. The summed E-state index contributed by atoms with van der Waals surface area (Å²) in [7, 11) is 1.60. The van der Waals surface area contributed by atoms with Crippen LogP contribution in [0.15, 0.2) is 36.5 Å². The van der Waals surface area contributed by atoms with E-state index in [1.807, 2.05) is 24.3 Å². The Morgan fingerprint density at radius 3 is 2.88 bits per heavy atom. The van der Waals surface area contributed by atoms with Gasteiger partial charge in [-0.2, -0.15) is 13.9 Å². The number of piperidine rings is 1. The van der Waals surface area contributed by atoms with Gasteiger partial charge in [-0.15, -0.1) is 0 Å². The molecule has 1 aromatic carbocycles. The van der Waals surface area contributed by atoms with Crippen LogP contribution in [0, 0.1) is 5.92 Å². The van der Waals surface area contributed by atoms with Crippen LogP contribution in [0.2, 0.25) is 0 Å². The number of ether oxygens (including phenoxy) is 2. The molecule has 8 heteroatoms. The van der Waals surface area contributed by atoms with Crippen LogP contribution < -0.4 is 9.47 Å². The fourth-order valence-corrected chi connectivity index (χ4v) is 3.01. The van der Waals surface area contributed by atoms with Crippen molar-refractivity contribution in [2.24, 2.45) is 5.92 Å². The van der Waals surface area contributed by atoms with Crippen LogP contribution in [0.5, 0.6) is 11.5 Å². The minimum Gasteiger partial charge on any atom is -0.497 e. The predicted octanol–water partition coefficient (Wildman–Crippen LogP) is 3.22. The van der Waals surface area contributed by atoms with Crippen LogP contribution in [0.1, 0.15) is 29.9 Å². The van der Waals surface area contributed by atoms with E-state index in [9.17, 15) is 13.6 Å². The number of carbonyl (C=O) groups excluding carboxylic acids is 1. The van der Waals surface area contributed by atoms with Gasteiger partial charge >= 0.3 is 6.55 Å². The zero-order valence-corrected chi connectivity index (χ0v) is 14.5. The highest BCUT2D eigenvalue weighted by atomic mass is 19.3. The topological polar surface area (TPSA) is 56.6 Å². The van der Waals surface area contributed by atoms with Gasteiger partial charge in [0, 0.05) is 31.3 Å². The molecule has 0 aliphatic carbocycles. The number of carbonyl (C=O) groups is 1. The lowest BCUT2D eigenvalue weighted by molar-refractivity contribution is 0.0535. The summed E-state index contributed by atoms with van der Waals surface area (Å²) in [5.74, 6) is 1.28. The largest absolute Gasteiger partial charge is 0.497 e. The third kappa shape index (κ3) is 4.30. The first-order valence-corrected chi connectivity index (χ1v) is 8.46. The monoisotopic (exact) mass is 365 g/mol. The molecule has 1 atom stereocenters. The molecule has 1 fully saturated rings. The molecular weight excluding hydrogens is 344 g/mol. The number of benzene rings is 1. The lowest BCUT2D eigenvalue weighted by Crippen LogP contribution is -2.41. The normalized spacial score (nSPS) is 17.4. The van der Waals surface area contributed by atoms with E-state index >= 15 is 0 Å². The zero-order valence-electron chi connectivity index (χ0n) is 14.5. The fraction of sp³-hybridized carbons (Fsp3) is 0.444. The number of rotatable bonds is 6. The molecule has 1 saturated heterocycles. The van der Waals surface area contributed by atoms with Gasteiger partial charge in [0.05, 0.1) is 13.7 Å². The maximum atomic E-state index is 12.6. The minimum atomic E-state index is -2.75. The number of hydrogen-bond donors (Lipinski definition) is 0. The molecule has 0 saturated carbocycles. The average molecular weight is 365 g/mol. The first kappa shape index (κ1) is 18.2. The average Bonchev–Trinajstić information content (AvgIpc) is 3.17. The molecule has 0 N–H and O–H groups in total. The molecule has 1 amide bonds. The standard InChI is InChI=1S/C18H21F2N3O3/c1-25-14-5-2-6-15(10-14)26-12-13-4-3-8-22(11-13)17(24)16-7-9-23(21-16)18(19)20/h2,5-7,9-10,13,18H,3-4,8,11-12H2,1H3. The molecule has 6 nitrogen and oxygen atoms in total. The van der Waals surface area contributed by atoms with Crippen molar-refractivity contribution in [3.05, 3.63) is 42.2 Å². The third-order valence-electron chi connectivity index (χ3n) is 4.36. The van der Waals surface area contributed by atoms with E-state index in [0.29, 0.717) is 30.1 Å². The first-order valence-electron chi connectivity index (χ1n) is 8.46. The van der Waals surface area contributed by atoms with Crippen molar-refractivity contribution in [2.75, 3.05) is 26.8 Å². The SMILES string of the molecule is COc1cccc(OCC2CCCN(C(=O)c3ccn(C(F)F)n3)C2)c1. The molecule has 0 spiro atoms. The summed E-state index contributed by atoms with van der Waals surface area (Å²) >= 11 is 0. The van der Waals surface area contributed by atoms with Gasteiger partial charge in [-0.1, -0.05) is 6.07 Å². The Morgan fingerprint density at radius 1 is 1.35 bits per heavy atom. The number of nitrogens with zero attached hydrogens (tertiary/aromatic N) is 3. The van der Waals surface area contributed by atoms with Crippen molar-refractivity contribution in [1.29, 1.82) is 0 Å². The number of halogens is 2. The zero-order chi connectivity index (χ0) is 18.5. The fourth-order valence-electron chi connectivity index (χ4n) is 3.01. The second kappa shape index (κ2) is 8.16. The summed E-state index contributed by atoms with van der Waals surface area (Å²) in [5.41, 5.74) is 0.0414. The van der Waals surface area contributed by atoms with Crippen LogP contribution in [0.3, 0.4) is 0 Å². The van der Waals surface area contributed by atoms with Gasteiger partial charge < -0.3 is 14.4 Å². The lowest BCUT2D eigenvalue weighted by atomic mass is 9.98. The predicted molar refractivity (Wildman–Crippen MR) is 90.6 cm³/mol. The van der Waals surface area contributed by atoms with Crippen molar-refractivity contribution in [1.82, 2.24) is 14.7 Å². The molecule has 140 valence electrons. The summed E-state index contributed by atoms with van der Waals surface area (Å²) in [6, 6.07) is 8.68. The Kier molecular flexibility index (Phi) is 5.70. The Bertz CT molecular complexity index is 751. The molecule has 2 heterocycles. The number of methoxy groups -OCH3 is 1. The molecule has 0 bridgehead atoms. The molecule has 2 aromatic rings. The second-order valence-electron chi connectivity index (χ2n) is 6.21. The van der Waals surface area contributed by atoms with Gasteiger partial charge in [-0.05, 0) is 31.0 Å². The van der Waals surface area contributed by atoms with E-state index in [4.69, 9.17) is 9.47 Å². The molecule has 1 aromatic heterocycles. The number of amides is 1. The van der Waals surface area contributed by atoms with E-state index in [0.717, 1.165) is 24.8 Å². The van der Waals surface area contributed by atoms with Gasteiger partial charge in [0.2, 0.25) is 0 Å². The Morgan fingerprint density at radius 2 is 2.15 bits per heavy atom. The summed E-state index contributed by atoms with van der Waals surface area (Å²) < 4.78 is 36.7. The highest BCUT2D eigenvalue weighted by molar-refractivity contribution is 5.92. The summed E-state index contributed by atoms with van der Waals surface area (Å²) in [5, 5.41) is 3.65. The number of hydrogen-bond acceptors (Lipinski definition) is 4. The summed E-state index contributed by atoms with van der Waals surface area (Å²) in [6.07, 6.45) is 2.90. The maximum Gasteiger partial charge on any atom is 0.333 e. The van der Waals surface area contributed by atoms with E-state index in [1.54, 1.807) is 12.0 Å². The van der Waals surface area contributed by atoms with Crippen molar-refractivity contribution >= 4 is 5.91 Å². The van der Waals surface area contributed by atoms with E-state index < -0.39 is 6.55 Å². The molecule has 1 unspecified atom stereocenters. The summed E-state index contributed by atoms with van der Waals surface area (Å²) in [4.78, 5) is 14.1. The highest BCUT2D eigenvalue weighted by Gasteiger charge is 2.26. The van der Waals surface area contributed by atoms with Crippen LogP contribution >= 0.6 is 0 Å². The lowest BCUT2D eigenvalue weighted by Gasteiger charge is -2.32. The quantitative estimate of drug-likeness (QED) is 0.789. The Balaban J connectivity index is 1.57. The molecule has 1 aliphatic heterocycles. The molecular formula is C18H21F2N3O3. The molecule has 1 aliphatic rings. The minimum absolute atomic E-state index is 0.0414. The highest BCUT2D eigenvalue weighted by Crippen LogP contribution is 2.23. The first-order chi connectivity index (χ1) is 12.6. The van der Waals surface area contributed by atoms with Crippen LogP contribution in [-0.2, 0) is 0 Å². The number of likely N-dealkylation sites (tertiary alicyclic amines) is 1. The number of aromatic nitrogens is 2. The van der Waals surface area contributed by atoms with Gasteiger partial charge in [-0.25, -0.2) is 4.68 Å². The van der Waals surface area contributed by atoms with E-state index in [-0.39, 0.29) is 17.5 Å². The van der Waals surface area contributed by atoms with Crippen molar-refractivity contribution in [3.8, 4) is 11.5 Å². The van der Waals surface area contributed by atoms with Gasteiger partial charge in [0.15, 0.2) is 5.69 Å². The van der Waals surface area contributed by atoms with Gasteiger partial charge in [-0.3, -0.25) is 4.79 Å².